The Morgan fingerprint density at radius 1 is 1.17 bits per heavy atom. The largest absolute Gasteiger partial charge is 0.454 e. The van der Waals surface area contributed by atoms with Crippen LogP contribution in [0.3, 0.4) is 0 Å². The standard InChI is InChI=1S/C13H13N3O8/c1-4-11(24-13(17)7(2)3)9-5-8(14(18)19)6-10(15(20)21)12(9)16(22)23/h5-6,11H,2,4H2,1,3H3. The molecule has 0 N–H and O–H groups in total. The molecule has 1 aromatic carbocycles. The second kappa shape index (κ2) is 7.26. The van der Waals surface area contributed by atoms with E-state index < -0.39 is 49.5 Å². The quantitative estimate of drug-likeness (QED) is 0.317. The van der Waals surface area contributed by atoms with Crippen LogP contribution in [-0.2, 0) is 9.53 Å². The van der Waals surface area contributed by atoms with Gasteiger partial charge in [-0.2, -0.15) is 0 Å². The van der Waals surface area contributed by atoms with Crippen molar-refractivity contribution < 1.29 is 24.3 Å². The minimum Gasteiger partial charge on any atom is -0.454 e. The van der Waals surface area contributed by atoms with Crippen molar-refractivity contribution in [2.45, 2.75) is 26.4 Å². The zero-order chi connectivity index (χ0) is 18.6. The number of esters is 1. The fourth-order valence-corrected chi connectivity index (χ4v) is 1.91. The molecule has 0 aliphatic heterocycles. The Labute approximate surface area is 135 Å². The summed E-state index contributed by atoms with van der Waals surface area (Å²) >= 11 is 0. The van der Waals surface area contributed by atoms with Crippen LogP contribution in [0.15, 0.2) is 24.3 Å². The molecule has 0 aromatic heterocycles. The molecule has 11 heteroatoms. The number of nitrogens with zero attached hydrogens (tertiary/aromatic N) is 3. The second-order valence-electron chi connectivity index (χ2n) is 4.76. The number of carbonyl (C=O) groups is 1. The third kappa shape index (κ3) is 3.88. The van der Waals surface area contributed by atoms with Crippen molar-refractivity contribution in [3.63, 3.8) is 0 Å². The highest BCUT2D eigenvalue weighted by atomic mass is 16.6. The molecule has 11 nitrogen and oxygen atoms in total. The highest BCUT2D eigenvalue weighted by molar-refractivity contribution is 5.87. The number of nitro groups is 3. The van der Waals surface area contributed by atoms with Gasteiger partial charge < -0.3 is 4.74 Å². The van der Waals surface area contributed by atoms with E-state index >= 15 is 0 Å². The highest BCUT2D eigenvalue weighted by Crippen LogP contribution is 2.40. The minimum absolute atomic E-state index is 0.0102. The van der Waals surface area contributed by atoms with Crippen molar-refractivity contribution in [3.05, 3.63) is 60.2 Å². The Kier molecular flexibility index (Phi) is 5.65. The molecule has 0 radical (unpaired) electrons. The number of non-ortho nitro benzene ring substituents is 1. The van der Waals surface area contributed by atoms with Gasteiger partial charge in [-0.1, -0.05) is 13.5 Å². The van der Waals surface area contributed by atoms with Gasteiger partial charge in [-0.05, 0) is 13.3 Å². The van der Waals surface area contributed by atoms with Gasteiger partial charge in [0.05, 0.1) is 20.3 Å². The summed E-state index contributed by atoms with van der Waals surface area (Å²) in [6, 6.07) is 1.29. The van der Waals surface area contributed by atoms with E-state index in [4.69, 9.17) is 4.74 Å². The van der Waals surface area contributed by atoms with Gasteiger partial charge in [-0.3, -0.25) is 30.3 Å². The number of nitro benzene ring substituents is 3. The summed E-state index contributed by atoms with van der Waals surface area (Å²) in [7, 11) is 0. The van der Waals surface area contributed by atoms with E-state index in [1.807, 2.05) is 0 Å². The molecule has 0 fully saturated rings. The molecule has 0 saturated carbocycles. The molecule has 24 heavy (non-hydrogen) atoms. The van der Waals surface area contributed by atoms with E-state index in [1.54, 1.807) is 0 Å². The van der Waals surface area contributed by atoms with E-state index in [0.29, 0.717) is 6.07 Å². The average Bonchev–Trinajstić information content (AvgIpc) is 2.50. The SMILES string of the molecule is C=C(C)C(=O)OC(CC)c1cc([N+](=O)[O-])cc([N+](=O)[O-])c1[N+](=O)[O-]. The molecule has 0 spiro atoms. The topological polar surface area (TPSA) is 156 Å². The number of hydrogen-bond donors (Lipinski definition) is 0. The van der Waals surface area contributed by atoms with Gasteiger partial charge in [-0.25, -0.2) is 4.79 Å². The van der Waals surface area contributed by atoms with Gasteiger partial charge in [0.2, 0.25) is 0 Å². The summed E-state index contributed by atoms with van der Waals surface area (Å²) in [5.41, 5.74) is -3.12. The zero-order valence-corrected chi connectivity index (χ0v) is 12.8. The Morgan fingerprint density at radius 3 is 2.12 bits per heavy atom. The third-order valence-corrected chi connectivity index (χ3v) is 3.01. The summed E-state index contributed by atoms with van der Waals surface area (Å²) in [6.07, 6.45) is -1.26. The summed E-state index contributed by atoms with van der Waals surface area (Å²) in [5.74, 6) is -0.870. The van der Waals surface area contributed by atoms with E-state index in [-0.39, 0.29) is 12.0 Å². The average molecular weight is 339 g/mol. The van der Waals surface area contributed by atoms with Crippen LogP contribution < -0.4 is 0 Å². The van der Waals surface area contributed by atoms with E-state index in [2.05, 4.69) is 6.58 Å². The van der Waals surface area contributed by atoms with Crippen LogP contribution in [0.25, 0.3) is 0 Å². The first-order valence-electron chi connectivity index (χ1n) is 6.57. The Hall–Kier alpha value is -3.37. The molecule has 1 unspecified atom stereocenters. The molecule has 1 rings (SSSR count). The van der Waals surface area contributed by atoms with Crippen LogP contribution >= 0.6 is 0 Å². The molecule has 128 valence electrons. The maximum atomic E-state index is 11.6. The lowest BCUT2D eigenvalue weighted by atomic mass is 10.0. The first-order chi connectivity index (χ1) is 11.1. The second-order valence-corrected chi connectivity index (χ2v) is 4.76. The maximum absolute atomic E-state index is 11.6. The fourth-order valence-electron chi connectivity index (χ4n) is 1.91. The van der Waals surface area contributed by atoms with Gasteiger partial charge >= 0.3 is 17.3 Å². The number of hydrogen-bond acceptors (Lipinski definition) is 8. The Morgan fingerprint density at radius 2 is 1.75 bits per heavy atom. The van der Waals surface area contributed by atoms with Crippen molar-refractivity contribution in [2.75, 3.05) is 0 Å². The first-order valence-corrected chi connectivity index (χ1v) is 6.57. The highest BCUT2D eigenvalue weighted by Gasteiger charge is 2.36. The van der Waals surface area contributed by atoms with E-state index in [0.717, 1.165) is 6.07 Å². The van der Waals surface area contributed by atoms with Crippen LogP contribution in [-0.4, -0.2) is 20.7 Å². The molecular formula is C13H13N3O8. The minimum atomic E-state index is -1.27. The van der Waals surface area contributed by atoms with Gasteiger partial charge in [0.1, 0.15) is 12.2 Å². The molecule has 0 saturated heterocycles. The van der Waals surface area contributed by atoms with Crippen LogP contribution in [0.4, 0.5) is 17.1 Å². The predicted octanol–water partition coefficient (Wildman–Crippen LogP) is 2.98. The molecular weight excluding hydrogens is 326 g/mol. The Bertz CT molecular complexity index is 743. The van der Waals surface area contributed by atoms with Gasteiger partial charge in [0.15, 0.2) is 0 Å². The van der Waals surface area contributed by atoms with Crippen molar-refractivity contribution in [2.24, 2.45) is 0 Å². The summed E-state index contributed by atoms with van der Waals surface area (Å²) in [5, 5.41) is 33.2. The molecule has 1 atom stereocenters. The molecule has 0 aliphatic rings. The lowest BCUT2D eigenvalue weighted by molar-refractivity contribution is -0.425. The lowest BCUT2D eigenvalue weighted by Gasteiger charge is -2.16. The molecule has 0 aliphatic carbocycles. The first kappa shape index (κ1) is 18.7. The smallest absolute Gasteiger partial charge is 0.353 e. The normalized spacial score (nSPS) is 11.4. The maximum Gasteiger partial charge on any atom is 0.353 e. The Balaban J connectivity index is 3.65. The van der Waals surface area contributed by atoms with Gasteiger partial charge in [-0.15, -0.1) is 0 Å². The van der Waals surface area contributed by atoms with E-state index in [1.165, 1.54) is 13.8 Å². The van der Waals surface area contributed by atoms with Crippen LogP contribution in [0, 0.1) is 30.3 Å². The van der Waals surface area contributed by atoms with Crippen molar-refractivity contribution in [1.82, 2.24) is 0 Å². The summed E-state index contributed by atoms with van der Waals surface area (Å²) < 4.78 is 5.02. The van der Waals surface area contributed by atoms with Crippen molar-refractivity contribution in [1.29, 1.82) is 0 Å². The van der Waals surface area contributed by atoms with E-state index in [9.17, 15) is 35.1 Å². The monoisotopic (exact) mass is 339 g/mol. The number of ether oxygens (including phenoxy) is 1. The lowest BCUT2D eigenvalue weighted by Crippen LogP contribution is -2.14. The molecule has 1 aromatic rings. The molecule has 0 bridgehead atoms. The van der Waals surface area contributed by atoms with Gasteiger partial charge in [0.25, 0.3) is 5.69 Å². The summed E-state index contributed by atoms with van der Waals surface area (Å²) in [4.78, 5) is 41.8. The van der Waals surface area contributed by atoms with Crippen molar-refractivity contribution >= 4 is 23.0 Å². The number of carbonyl (C=O) groups excluding carboxylic acids is 1. The third-order valence-electron chi connectivity index (χ3n) is 3.01. The number of benzene rings is 1. The molecule has 0 amide bonds. The van der Waals surface area contributed by atoms with Crippen molar-refractivity contribution in [3.8, 4) is 0 Å². The molecule has 0 heterocycles. The van der Waals surface area contributed by atoms with Crippen LogP contribution in [0.5, 0.6) is 0 Å². The van der Waals surface area contributed by atoms with Crippen LogP contribution in [0.2, 0.25) is 0 Å². The summed E-state index contributed by atoms with van der Waals surface area (Å²) in [6.45, 7) is 6.21. The fraction of sp³-hybridized carbons (Fsp3) is 0.308. The zero-order valence-electron chi connectivity index (χ0n) is 12.8. The number of rotatable bonds is 7. The van der Waals surface area contributed by atoms with Crippen LogP contribution in [0.1, 0.15) is 31.9 Å². The predicted molar refractivity (Wildman–Crippen MR) is 80.3 cm³/mol. The van der Waals surface area contributed by atoms with Gasteiger partial charge in [0, 0.05) is 11.6 Å².